The fourth-order valence-corrected chi connectivity index (χ4v) is 2.29. The van der Waals surface area contributed by atoms with Crippen LogP contribution in [0.3, 0.4) is 0 Å². The number of benzene rings is 1. The molecule has 1 aliphatic rings. The normalized spacial score (nSPS) is 14.1. The van der Waals surface area contributed by atoms with Crippen LogP contribution < -0.4 is 10.6 Å². The molecule has 0 atom stereocenters. The lowest BCUT2D eigenvalue weighted by Crippen LogP contribution is -2.38. The van der Waals surface area contributed by atoms with Gasteiger partial charge in [-0.1, -0.05) is 12.1 Å². The number of aliphatic imine (C=N–C) groups is 1. The van der Waals surface area contributed by atoms with Gasteiger partial charge in [0.2, 0.25) is 0 Å². The van der Waals surface area contributed by atoms with Gasteiger partial charge < -0.3 is 15.4 Å². The highest BCUT2D eigenvalue weighted by Gasteiger charge is 2.20. The Morgan fingerprint density at radius 1 is 1.28 bits per heavy atom. The van der Waals surface area contributed by atoms with Gasteiger partial charge in [0, 0.05) is 32.8 Å². The topological polar surface area (TPSA) is 45.7 Å². The van der Waals surface area contributed by atoms with Crippen LogP contribution in [-0.2, 0) is 11.2 Å². The number of ether oxygens (including phenoxy) is 1. The Kier molecular flexibility index (Phi) is 11.0. The number of nitrogens with one attached hydrogen (secondary N) is 2. The Bertz CT molecular complexity index is 539. The zero-order chi connectivity index (χ0) is 17.2. The van der Waals surface area contributed by atoms with E-state index < -0.39 is 11.6 Å². The Balaban J connectivity index is 0.00000312. The molecule has 1 fully saturated rings. The molecule has 0 unspecified atom stereocenters. The van der Waals surface area contributed by atoms with Crippen LogP contribution in [0.15, 0.2) is 23.2 Å². The third-order valence-electron chi connectivity index (χ3n) is 3.83. The van der Waals surface area contributed by atoms with E-state index in [9.17, 15) is 8.78 Å². The number of nitrogens with zero attached hydrogens (tertiary/aromatic N) is 1. The van der Waals surface area contributed by atoms with Crippen molar-refractivity contribution in [1.29, 1.82) is 0 Å². The summed E-state index contributed by atoms with van der Waals surface area (Å²) in [5.74, 6) is -0.0967. The molecule has 25 heavy (non-hydrogen) atoms. The highest BCUT2D eigenvalue weighted by Crippen LogP contribution is 2.28. The fraction of sp³-hybridized carbons (Fsp3) is 0.611. The summed E-state index contributed by atoms with van der Waals surface area (Å²) in [4.78, 5) is 4.46. The third-order valence-corrected chi connectivity index (χ3v) is 3.83. The lowest BCUT2D eigenvalue weighted by molar-refractivity contribution is 0.123. The number of hydrogen-bond donors (Lipinski definition) is 2. The average Bonchev–Trinajstić information content (AvgIpc) is 3.39. The van der Waals surface area contributed by atoms with Crippen LogP contribution in [0.2, 0.25) is 0 Å². The smallest absolute Gasteiger partial charge is 0.191 e. The van der Waals surface area contributed by atoms with Crippen molar-refractivity contribution >= 4 is 29.9 Å². The lowest BCUT2D eigenvalue weighted by Gasteiger charge is -2.11. The number of halogens is 3. The van der Waals surface area contributed by atoms with Gasteiger partial charge in [0.25, 0.3) is 0 Å². The molecular formula is C18H28F2IN3O. The van der Waals surface area contributed by atoms with E-state index in [1.165, 1.54) is 18.9 Å². The van der Waals surface area contributed by atoms with Gasteiger partial charge in [-0.2, -0.15) is 0 Å². The van der Waals surface area contributed by atoms with Crippen LogP contribution in [-0.4, -0.2) is 38.8 Å². The standard InChI is InChI=1S/C18H27F2N3O.HI/c1-2-21-18(22-10-4-12-24-13-14-7-8-14)23-11-9-15-5-3-6-16(19)17(15)20;/h3,5-6,14H,2,4,7-13H2,1H3,(H2,21,22,23);1H. The van der Waals surface area contributed by atoms with E-state index in [2.05, 4.69) is 15.6 Å². The van der Waals surface area contributed by atoms with Crippen LogP contribution in [0.5, 0.6) is 0 Å². The van der Waals surface area contributed by atoms with Crippen molar-refractivity contribution in [3.63, 3.8) is 0 Å². The summed E-state index contributed by atoms with van der Waals surface area (Å²) in [5, 5.41) is 6.29. The highest BCUT2D eigenvalue weighted by molar-refractivity contribution is 14.0. The van der Waals surface area contributed by atoms with Gasteiger partial charge >= 0.3 is 0 Å². The molecule has 0 radical (unpaired) electrons. The lowest BCUT2D eigenvalue weighted by atomic mass is 10.1. The molecule has 0 aliphatic heterocycles. The fourth-order valence-electron chi connectivity index (χ4n) is 2.29. The van der Waals surface area contributed by atoms with Crippen LogP contribution in [0.1, 0.15) is 31.7 Å². The summed E-state index contributed by atoms with van der Waals surface area (Å²) >= 11 is 0. The second-order valence-corrected chi connectivity index (χ2v) is 6.02. The zero-order valence-electron chi connectivity index (χ0n) is 14.7. The van der Waals surface area contributed by atoms with E-state index >= 15 is 0 Å². The minimum Gasteiger partial charge on any atom is -0.381 e. The molecule has 7 heteroatoms. The number of rotatable bonds is 10. The van der Waals surface area contributed by atoms with E-state index in [4.69, 9.17) is 4.74 Å². The minimum atomic E-state index is -0.806. The van der Waals surface area contributed by atoms with E-state index in [0.717, 1.165) is 38.2 Å². The molecule has 0 heterocycles. The summed E-state index contributed by atoms with van der Waals surface area (Å²) in [7, 11) is 0. The van der Waals surface area contributed by atoms with Crippen LogP contribution in [0.4, 0.5) is 8.78 Å². The maximum Gasteiger partial charge on any atom is 0.191 e. The first-order valence-corrected chi connectivity index (χ1v) is 8.73. The Morgan fingerprint density at radius 2 is 2.08 bits per heavy atom. The second kappa shape index (κ2) is 12.4. The predicted molar refractivity (Wildman–Crippen MR) is 108 cm³/mol. The molecule has 4 nitrogen and oxygen atoms in total. The van der Waals surface area contributed by atoms with Gasteiger partial charge in [0.1, 0.15) is 0 Å². The summed E-state index contributed by atoms with van der Waals surface area (Å²) in [5.41, 5.74) is 0.367. The summed E-state index contributed by atoms with van der Waals surface area (Å²) in [6.07, 6.45) is 3.89. The SMILES string of the molecule is CCNC(=NCCCOCC1CC1)NCCc1cccc(F)c1F.I. The van der Waals surface area contributed by atoms with Crippen molar-refractivity contribution in [1.82, 2.24) is 10.6 Å². The van der Waals surface area contributed by atoms with Gasteiger partial charge in [-0.15, -0.1) is 24.0 Å². The Labute approximate surface area is 165 Å². The summed E-state index contributed by atoms with van der Waals surface area (Å²) < 4.78 is 32.3. The van der Waals surface area contributed by atoms with Crippen LogP contribution in [0, 0.1) is 17.6 Å². The van der Waals surface area contributed by atoms with Crippen molar-refractivity contribution < 1.29 is 13.5 Å². The maximum absolute atomic E-state index is 13.6. The average molecular weight is 467 g/mol. The zero-order valence-corrected chi connectivity index (χ0v) is 17.0. The van der Waals surface area contributed by atoms with Gasteiger partial charge in [0.05, 0.1) is 0 Å². The molecule has 0 amide bonds. The molecule has 1 aromatic carbocycles. The maximum atomic E-state index is 13.6. The summed E-state index contributed by atoms with van der Waals surface area (Å²) in [6, 6.07) is 4.25. The predicted octanol–water partition coefficient (Wildman–Crippen LogP) is 3.50. The van der Waals surface area contributed by atoms with Crippen molar-refractivity contribution in [3.8, 4) is 0 Å². The Morgan fingerprint density at radius 3 is 2.80 bits per heavy atom. The van der Waals surface area contributed by atoms with Gasteiger partial charge in [-0.3, -0.25) is 4.99 Å². The molecule has 2 N–H and O–H groups in total. The molecule has 1 saturated carbocycles. The molecular weight excluding hydrogens is 439 g/mol. The van der Waals surface area contributed by atoms with Gasteiger partial charge in [0.15, 0.2) is 17.6 Å². The summed E-state index contributed by atoms with van der Waals surface area (Å²) in [6.45, 7) is 5.51. The molecule has 0 aromatic heterocycles. The molecule has 1 aliphatic carbocycles. The molecule has 142 valence electrons. The highest BCUT2D eigenvalue weighted by atomic mass is 127. The number of guanidine groups is 1. The van der Waals surface area contributed by atoms with E-state index in [1.807, 2.05) is 6.92 Å². The minimum absolute atomic E-state index is 0. The van der Waals surface area contributed by atoms with Crippen LogP contribution >= 0.6 is 24.0 Å². The van der Waals surface area contributed by atoms with E-state index in [-0.39, 0.29) is 24.0 Å². The Hall–Kier alpha value is -0.960. The molecule has 1 aromatic rings. The van der Waals surface area contributed by atoms with Gasteiger partial charge in [-0.25, -0.2) is 8.78 Å². The van der Waals surface area contributed by atoms with E-state index in [1.54, 1.807) is 6.07 Å². The van der Waals surface area contributed by atoms with Crippen molar-refractivity contribution in [2.45, 2.75) is 32.6 Å². The third kappa shape index (κ3) is 8.80. The van der Waals surface area contributed by atoms with Gasteiger partial charge in [-0.05, 0) is 50.2 Å². The molecule has 0 saturated heterocycles. The first kappa shape index (κ1) is 22.1. The first-order valence-electron chi connectivity index (χ1n) is 8.73. The molecule has 0 spiro atoms. The van der Waals surface area contributed by atoms with Crippen molar-refractivity contribution in [3.05, 3.63) is 35.4 Å². The first-order chi connectivity index (χ1) is 11.7. The largest absolute Gasteiger partial charge is 0.381 e. The number of hydrogen-bond acceptors (Lipinski definition) is 2. The monoisotopic (exact) mass is 467 g/mol. The van der Waals surface area contributed by atoms with Crippen molar-refractivity contribution in [2.24, 2.45) is 10.9 Å². The molecule has 0 bridgehead atoms. The quantitative estimate of drug-likeness (QED) is 0.240. The molecule has 2 rings (SSSR count). The second-order valence-electron chi connectivity index (χ2n) is 6.02. The van der Waals surface area contributed by atoms with E-state index in [0.29, 0.717) is 31.0 Å². The van der Waals surface area contributed by atoms with Crippen LogP contribution in [0.25, 0.3) is 0 Å². The van der Waals surface area contributed by atoms with Crippen molar-refractivity contribution in [2.75, 3.05) is 32.8 Å².